The predicted octanol–water partition coefficient (Wildman–Crippen LogP) is 23.8. The lowest BCUT2D eigenvalue weighted by Gasteiger charge is -2.18. The molecule has 462 valence electrons. The van der Waals surface area contributed by atoms with Gasteiger partial charge in [-0.1, -0.05) is 318 Å². The summed E-state index contributed by atoms with van der Waals surface area (Å²) in [6, 6.07) is 0. The Morgan fingerprint density at radius 3 is 0.775 bits per heavy atom. The van der Waals surface area contributed by atoms with Crippen LogP contribution in [0, 0.1) is 0 Å². The van der Waals surface area contributed by atoms with Crippen molar-refractivity contribution in [3.8, 4) is 0 Å². The molecule has 0 N–H and O–H groups in total. The van der Waals surface area contributed by atoms with Crippen molar-refractivity contribution in [1.29, 1.82) is 0 Å². The number of hydrogen-bond donors (Lipinski definition) is 0. The highest BCUT2D eigenvalue weighted by atomic mass is 16.6. The van der Waals surface area contributed by atoms with E-state index in [-0.39, 0.29) is 31.1 Å². The second-order valence-corrected chi connectivity index (χ2v) is 23.1. The summed E-state index contributed by atoms with van der Waals surface area (Å²) in [4.78, 5) is 38.4. The van der Waals surface area contributed by atoms with Gasteiger partial charge in [0.2, 0.25) is 0 Å². The van der Waals surface area contributed by atoms with Gasteiger partial charge in [0.15, 0.2) is 6.10 Å². The monoisotopic (exact) mass is 1110 g/mol. The number of allylic oxidation sites excluding steroid dienone is 14. The lowest BCUT2D eigenvalue weighted by Crippen LogP contribution is -2.30. The second-order valence-electron chi connectivity index (χ2n) is 23.1. The number of carbonyl (C=O) groups excluding carboxylic acids is 3. The zero-order valence-corrected chi connectivity index (χ0v) is 53.1. The van der Waals surface area contributed by atoms with E-state index in [2.05, 4.69) is 106 Å². The van der Waals surface area contributed by atoms with Gasteiger partial charge >= 0.3 is 17.9 Å². The molecule has 0 saturated carbocycles. The molecule has 0 aromatic carbocycles. The van der Waals surface area contributed by atoms with E-state index in [0.717, 1.165) is 103 Å². The summed E-state index contributed by atoms with van der Waals surface area (Å²) < 4.78 is 17.0. The van der Waals surface area contributed by atoms with Crippen molar-refractivity contribution in [3.63, 3.8) is 0 Å². The number of unbranched alkanes of at least 4 members (excludes halogenated alkanes) is 38. The number of carbonyl (C=O) groups is 3. The molecule has 0 aliphatic heterocycles. The van der Waals surface area contributed by atoms with Crippen molar-refractivity contribution in [2.75, 3.05) is 13.2 Å². The van der Waals surface area contributed by atoms with E-state index in [9.17, 15) is 14.4 Å². The van der Waals surface area contributed by atoms with Crippen LogP contribution in [0.15, 0.2) is 85.1 Å². The Kier molecular flexibility index (Phi) is 65.2. The van der Waals surface area contributed by atoms with E-state index in [1.54, 1.807) is 0 Å². The van der Waals surface area contributed by atoms with Crippen molar-refractivity contribution in [2.45, 2.75) is 354 Å². The van der Waals surface area contributed by atoms with E-state index >= 15 is 0 Å². The summed E-state index contributed by atoms with van der Waals surface area (Å²) in [6.07, 6.45) is 90.3. The molecule has 0 bridgehead atoms. The molecule has 1 unspecified atom stereocenters. The first-order valence-corrected chi connectivity index (χ1v) is 34.6. The minimum absolute atomic E-state index is 0.0754. The lowest BCUT2D eigenvalue weighted by atomic mass is 10.0. The van der Waals surface area contributed by atoms with Gasteiger partial charge in [-0.15, -0.1) is 0 Å². The Balaban J connectivity index is 4.28. The van der Waals surface area contributed by atoms with Crippen molar-refractivity contribution in [3.05, 3.63) is 85.1 Å². The molecule has 0 rings (SSSR count). The quantitative estimate of drug-likeness (QED) is 0.0261. The standard InChI is InChI=1S/C74H130O6/c1-4-7-10-13-16-19-22-25-28-30-32-33-34-35-36-37-38-39-40-41-42-44-46-49-52-55-58-61-64-67-73(76)79-70-71(69-78-72(75)66-63-60-57-54-51-48-45-27-24-21-18-15-12-9-6-3)80-74(77)68-65-62-59-56-53-50-47-43-31-29-26-23-20-17-14-11-8-5-2/h7,10,16,19-20,23,25,28-29,31-33,35-36,71H,4-6,8-9,11-15,17-18,21-22,24,26-27,30,34,37-70H2,1-3H3/b10-7-,19-16-,23-20-,28-25-,31-29-,33-32-,36-35-. The van der Waals surface area contributed by atoms with Gasteiger partial charge in [-0.05, 0) is 96.3 Å². The molecule has 6 nitrogen and oxygen atoms in total. The van der Waals surface area contributed by atoms with Gasteiger partial charge in [0.1, 0.15) is 13.2 Å². The molecular formula is C74H130O6. The van der Waals surface area contributed by atoms with Gasteiger partial charge in [-0.25, -0.2) is 0 Å². The Morgan fingerprint density at radius 1 is 0.263 bits per heavy atom. The molecule has 0 heterocycles. The molecule has 0 aromatic heterocycles. The Hall–Kier alpha value is -3.41. The Bertz CT molecular complexity index is 1520. The molecule has 0 saturated heterocycles. The van der Waals surface area contributed by atoms with Gasteiger partial charge in [0, 0.05) is 19.3 Å². The van der Waals surface area contributed by atoms with Crippen LogP contribution in [0.4, 0.5) is 0 Å². The molecule has 6 heteroatoms. The number of esters is 3. The van der Waals surface area contributed by atoms with Crippen molar-refractivity contribution >= 4 is 17.9 Å². The highest BCUT2D eigenvalue weighted by Crippen LogP contribution is 2.17. The Labute approximate surface area is 496 Å². The summed E-state index contributed by atoms with van der Waals surface area (Å²) in [5.41, 5.74) is 0. The van der Waals surface area contributed by atoms with Crippen LogP contribution in [-0.2, 0) is 28.6 Å². The van der Waals surface area contributed by atoms with Crippen LogP contribution in [0.5, 0.6) is 0 Å². The van der Waals surface area contributed by atoms with Crippen LogP contribution in [0.1, 0.15) is 348 Å². The molecule has 0 fully saturated rings. The van der Waals surface area contributed by atoms with E-state index in [4.69, 9.17) is 14.2 Å². The Morgan fingerprint density at radius 2 is 0.487 bits per heavy atom. The summed E-state index contributed by atoms with van der Waals surface area (Å²) in [6.45, 7) is 6.55. The first-order chi connectivity index (χ1) is 39.5. The highest BCUT2D eigenvalue weighted by molar-refractivity contribution is 5.71. The minimum Gasteiger partial charge on any atom is -0.462 e. The third-order valence-electron chi connectivity index (χ3n) is 15.1. The van der Waals surface area contributed by atoms with Crippen LogP contribution in [-0.4, -0.2) is 37.2 Å². The van der Waals surface area contributed by atoms with Gasteiger partial charge < -0.3 is 14.2 Å². The first-order valence-electron chi connectivity index (χ1n) is 34.6. The zero-order valence-electron chi connectivity index (χ0n) is 53.1. The average Bonchev–Trinajstić information content (AvgIpc) is 3.46. The SMILES string of the molecule is CC/C=C\C/C=C\C/C=C\C/C=C\C/C=C\CCCCCCCCCCCCCCCC(=O)OCC(COC(=O)CCCCCCCCCCCCCCCCC)OC(=O)CCCCCCCCC/C=C\C/C=C\CCCCCC. The average molecular weight is 1120 g/mol. The molecule has 0 amide bonds. The van der Waals surface area contributed by atoms with Gasteiger partial charge in [-0.2, -0.15) is 0 Å². The number of hydrogen-bond acceptors (Lipinski definition) is 6. The molecule has 0 aromatic rings. The fourth-order valence-electron chi connectivity index (χ4n) is 9.97. The maximum absolute atomic E-state index is 12.9. The lowest BCUT2D eigenvalue weighted by molar-refractivity contribution is -0.167. The van der Waals surface area contributed by atoms with Crippen LogP contribution in [0.3, 0.4) is 0 Å². The van der Waals surface area contributed by atoms with Gasteiger partial charge in [-0.3, -0.25) is 14.4 Å². The van der Waals surface area contributed by atoms with E-state index in [1.807, 2.05) is 0 Å². The number of ether oxygens (including phenoxy) is 3. The maximum Gasteiger partial charge on any atom is 0.306 e. The molecule has 1 atom stereocenters. The molecule has 0 aliphatic carbocycles. The summed E-state index contributed by atoms with van der Waals surface area (Å²) >= 11 is 0. The normalized spacial score (nSPS) is 12.6. The summed E-state index contributed by atoms with van der Waals surface area (Å²) in [5, 5.41) is 0. The van der Waals surface area contributed by atoms with Crippen LogP contribution < -0.4 is 0 Å². The third kappa shape index (κ3) is 65.4. The fourth-order valence-corrected chi connectivity index (χ4v) is 9.97. The van der Waals surface area contributed by atoms with Gasteiger partial charge in [0.25, 0.3) is 0 Å². The van der Waals surface area contributed by atoms with Gasteiger partial charge in [0.05, 0.1) is 0 Å². The van der Waals surface area contributed by atoms with Crippen molar-refractivity contribution < 1.29 is 28.6 Å². The molecule has 0 aliphatic rings. The van der Waals surface area contributed by atoms with E-state index in [0.29, 0.717) is 19.3 Å². The topological polar surface area (TPSA) is 78.9 Å². The molecule has 0 radical (unpaired) electrons. The fraction of sp³-hybridized carbons (Fsp3) is 0.770. The van der Waals surface area contributed by atoms with Crippen LogP contribution in [0.25, 0.3) is 0 Å². The molecular weight excluding hydrogens is 985 g/mol. The van der Waals surface area contributed by atoms with Crippen LogP contribution >= 0.6 is 0 Å². The van der Waals surface area contributed by atoms with E-state index in [1.165, 1.54) is 205 Å². The second kappa shape index (κ2) is 68.1. The van der Waals surface area contributed by atoms with Crippen LogP contribution in [0.2, 0.25) is 0 Å². The first kappa shape index (κ1) is 76.6. The van der Waals surface area contributed by atoms with Crippen molar-refractivity contribution in [1.82, 2.24) is 0 Å². The van der Waals surface area contributed by atoms with Crippen molar-refractivity contribution in [2.24, 2.45) is 0 Å². The predicted molar refractivity (Wildman–Crippen MR) is 348 cm³/mol. The third-order valence-corrected chi connectivity index (χ3v) is 15.1. The molecule has 0 spiro atoms. The maximum atomic E-state index is 12.9. The largest absolute Gasteiger partial charge is 0.462 e. The number of rotatable bonds is 63. The highest BCUT2D eigenvalue weighted by Gasteiger charge is 2.19. The molecule has 80 heavy (non-hydrogen) atoms. The summed E-state index contributed by atoms with van der Waals surface area (Å²) in [7, 11) is 0. The van der Waals surface area contributed by atoms with E-state index < -0.39 is 6.10 Å². The zero-order chi connectivity index (χ0) is 57.8. The smallest absolute Gasteiger partial charge is 0.306 e. The minimum atomic E-state index is -0.780. The summed E-state index contributed by atoms with van der Waals surface area (Å²) in [5.74, 6) is -0.865.